The van der Waals surface area contributed by atoms with Gasteiger partial charge < -0.3 is 52.1 Å². The molecule has 22 nitrogen and oxygen atoms in total. The Morgan fingerprint density at radius 1 is 0.174 bits per heavy atom. The van der Waals surface area contributed by atoms with Crippen molar-refractivity contribution in [3.05, 3.63) is 0 Å². The van der Waals surface area contributed by atoms with Crippen molar-refractivity contribution in [2.24, 2.45) is 94.7 Å². The van der Waals surface area contributed by atoms with Gasteiger partial charge in [0.25, 0.3) is 0 Å². The van der Waals surface area contributed by atoms with E-state index in [1.165, 1.54) is 0 Å². The van der Waals surface area contributed by atoms with E-state index in [4.69, 9.17) is 52.1 Å². The van der Waals surface area contributed by atoms with Crippen LogP contribution in [0, 0.1) is 94.7 Å². The van der Waals surface area contributed by atoms with Crippen molar-refractivity contribution >= 4 is 63.6 Å². The highest BCUT2D eigenvalue weighted by Gasteiger charge is 2.33. The molecule has 0 aromatic rings. The minimum absolute atomic E-state index is 0.0648. The van der Waals surface area contributed by atoms with E-state index in [-0.39, 0.29) is 166 Å². The van der Waals surface area contributed by atoms with Crippen LogP contribution in [0.4, 0.5) is 0 Å². The van der Waals surface area contributed by atoms with Crippen molar-refractivity contribution in [2.45, 2.75) is 292 Å². The zero-order valence-electron chi connectivity index (χ0n) is 71.8. The topological polar surface area (TPSA) is 289 Å². The summed E-state index contributed by atoms with van der Waals surface area (Å²) in [5.74, 6) is 6.12. The van der Waals surface area contributed by atoms with Crippen molar-refractivity contribution in [3.63, 3.8) is 0 Å². The monoisotopic (exact) mass is 1550 g/mol. The summed E-state index contributed by atoms with van der Waals surface area (Å²) in [6.45, 7) is 54.2. The zero-order valence-corrected chi connectivity index (χ0v) is 71.8. The van der Waals surface area contributed by atoms with Crippen molar-refractivity contribution in [3.8, 4) is 0 Å². The first kappa shape index (κ1) is 103. The number of carbonyl (C=O) groups excluding carboxylic acids is 11. The number of rotatable bonds is 22. The Balaban J connectivity index is 0.000000600. The Hall–Kier alpha value is -4.07. The van der Waals surface area contributed by atoms with E-state index < -0.39 is 0 Å². The van der Waals surface area contributed by atoms with Crippen LogP contribution in [0.1, 0.15) is 255 Å². The van der Waals surface area contributed by atoms with Crippen LogP contribution < -0.4 is 0 Å². The first-order valence-electron chi connectivity index (χ1n) is 41.9. The van der Waals surface area contributed by atoms with Gasteiger partial charge in [0.1, 0.15) is 65.5 Å². The Bertz CT molecular complexity index is 2230. The summed E-state index contributed by atoms with van der Waals surface area (Å²) < 4.78 is 56.3. The maximum Gasteiger partial charge on any atom is 0.164 e. The molecule has 11 rings (SSSR count). The van der Waals surface area contributed by atoms with Crippen LogP contribution in [0.3, 0.4) is 0 Å². The second-order valence-corrected chi connectivity index (χ2v) is 33.6. The maximum absolute atomic E-state index is 11.4. The van der Waals surface area contributed by atoms with Gasteiger partial charge >= 0.3 is 0 Å². The van der Waals surface area contributed by atoms with E-state index in [0.717, 1.165) is 175 Å². The van der Waals surface area contributed by atoms with Crippen molar-refractivity contribution in [2.75, 3.05) is 106 Å². The van der Waals surface area contributed by atoms with E-state index in [1.807, 2.05) is 152 Å². The number of ether oxygens (including phenoxy) is 11. The summed E-state index contributed by atoms with van der Waals surface area (Å²) in [4.78, 5) is 123. The molecule has 0 aromatic heterocycles. The van der Waals surface area contributed by atoms with Gasteiger partial charge in [-0.15, -0.1) is 0 Å². The SMILES string of the molecule is CC(C)C(=O)C1CCCCO1.CC(C)C(=O)C1CCCOC1.CC(C)C(=O)C1CCO1.CC(C)C(=O)C1CCOCC1.CC(C)C(=O)C1COC1.CC(C)C(=O)[C@@H]1CCCO1.CC(C)C(=O)[C@@H]1CCO1.CC(C)C(=O)[C@@H]1CCOC1.CC(C)C(=O)[C@H]1CCCO1.CC(C)C(=O)[C@H]1CCO1.CC(C)C(=O)[C@H]1CCOC1. The third kappa shape index (κ3) is 42.2. The van der Waals surface area contributed by atoms with Crippen LogP contribution in [0.15, 0.2) is 0 Å². The van der Waals surface area contributed by atoms with Crippen LogP contribution in [-0.2, 0) is 105 Å². The van der Waals surface area contributed by atoms with Gasteiger partial charge in [0.05, 0.1) is 58.8 Å². The molecule has 11 fully saturated rings. The molecule has 22 heteroatoms. The molecule has 0 bridgehead atoms. The number of hydrogen-bond donors (Lipinski definition) is 0. The van der Waals surface area contributed by atoms with Gasteiger partial charge in [-0.05, 0) is 83.5 Å². The minimum atomic E-state index is -0.0938. The van der Waals surface area contributed by atoms with Crippen molar-refractivity contribution in [1.29, 1.82) is 0 Å². The third-order valence-electron chi connectivity index (χ3n) is 20.2. The second kappa shape index (κ2) is 57.9. The molecule has 11 heterocycles. The van der Waals surface area contributed by atoms with Gasteiger partial charge in [-0.1, -0.05) is 152 Å². The largest absolute Gasteiger partial charge is 0.381 e. The predicted molar refractivity (Wildman–Crippen MR) is 422 cm³/mol. The lowest BCUT2D eigenvalue weighted by molar-refractivity contribution is -0.146. The van der Waals surface area contributed by atoms with E-state index in [1.54, 1.807) is 0 Å². The zero-order chi connectivity index (χ0) is 82.5. The molecule has 3 unspecified atom stereocenters. The van der Waals surface area contributed by atoms with Gasteiger partial charge in [-0.2, -0.15) is 0 Å². The smallest absolute Gasteiger partial charge is 0.164 e. The Labute approximate surface area is 657 Å². The van der Waals surface area contributed by atoms with Crippen molar-refractivity contribution < 1.29 is 105 Å². The molecule has 0 saturated carbocycles. The second-order valence-electron chi connectivity index (χ2n) is 33.6. The summed E-state index contributed by atoms with van der Waals surface area (Å²) in [5, 5.41) is 0. The maximum atomic E-state index is 11.4. The van der Waals surface area contributed by atoms with Gasteiger partial charge in [0.15, 0.2) is 34.7 Å². The molecular formula is C87H152O22. The fourth-order valence-electron chi connectivity index (χ4n) is 12.4. The molecule has 0 amide bonds. The number of hydrogen-bond acceptors (Lipinski definition) is 22. The molecule has 0 spiro atoms. The van der Waals surface area contributed by atoms with Crippen molar-refractivity contribution in [1.82, 2.24) is 0 Å². The average Bonchev–Trinajstić information content (AvgIpc) is 1.12. The Morgan fingerprint density at radius 3 is 0.560 bits per heavy atom. The summed E-state index contributed by atoms with van der Waals surface area (Å²) in [6, 6.07) is 0. The summed E-state index contributed by atoms with van der Waals surface area (Å²) in [6.07, 6.45) is 15.2. The molecule has 109 heavy (non-hydrogen) atoms. The molecule has 0 N–H and O–H groups in total. The van der Waals surface area contributed by atoms with E-state index in [9.17, 15) is 52.7 Å². The molecule has 0 aromatic carbocycles. The normalized spacial score (nSPS) is 24.7. The van der Waals surface area contributed by atoms with Crippen LogP contribution in [0.5, 0.6) is 0 Å². The predicted octanol–water partition coefficient (Wildman–Crippen LogP) is 14.2. The molecule has 632 valence electrons. The third-order valence-corrected chi connectivity index (χ3v) is 20.2. The van der Waals surface area contributed by atoms with E-state index in [2.05, 4.69) is 0 Å². The minimum Gasteiger partial charge on any atom is -0.381 e. The molecule has 11 saturated heterocycles. The number of carbonyl (C=O) groups is 11. The standard InChI is InChI=1S/3C9H16O2.4C8H14O2.4C7H12O2/c1-7(2)9(10)8-3-5-11-6-4-8;1-7(2)9(10)8-4-3-5-11-6-8;1-7(2)9(10)8-5-3-4-6-11-8;2*1-6(2)8(9)7-3-4-10-5-7;2*1-6(2)8(9)7-4-3-5-10-7;1-5(2)7(8)6-3-9-4-6;3*1-5(2)7(8)6-3-4-9-6/h3*7-8H,3-6H2,1-2H3;4*6-7H,3-5H2,1-2H3;4*5-6H,3-4H2,1-2H3/t;;;4*7-;;2*6-;/m...1010.10./s1. The first-order valence-corrected chi connectivity index (χ1v) is 41.9. The quantitative estimate of drug-likeness (QED) is 0.0973. The van der Waals surface area contributed by atoms with Crippen LogP contribution >= 0.6 is 0 Å². The summed E-state index contributed by atoms with van der Waals surface area (Å²) in [7, 11) is 0. The lowest BCUT2D eigenvalue weighted by Crippen LogP contribution is -2.37. The highest BCUT2D eigenvalue weighted by atomic mass is 16.5. The van der Waals surface area contributed by atoms with Gasteiger partial charge in [-0.25, -0.2) is 0 Å². The molecule has 11 aliphatic heterocycles. The van der Waals surface area contributed by atoms with E-state index in [0.29, 0.717) is 62.0 Å². The first-order chi connectivity index (χ1) is 51.4. The van der Waals surface area contributed by atoms with Crippen LogP contribution in [0.25, 0.3) is 0 Å². The fraction of sp³-hybridized carbons (Fsp3) is 0.874. The van der Waals surface area contributed by atoms with Gasteiger partial charge in [0.2, 0.25) is 0 Å². The van der Waals surface area contributed by atoms with E-state index >= 15 is 0 Å². The number of Topliss-reactive ketones (excluding diaryl/α,β-unsaturated/α-hetero) is 11. The molecule has 0 aliphatic carbocycles. The Morgan fingerprint density at radius 2 is 0.376 bits per heavy atom. The number of ketones is 11. The fourth-order valence-corrected chi connectivity index (χ4v) is 12.4. The molecule has 11 aliphatic rings. The summed E-state index contributed by atoms with van der Waals surface area (Å²) >= 11 is 0. The van der Waals surface area contributed by atoms with Crippen LogP contribution in [0.2, 0.25) is 0 Å². The molecular weight excluding hydrogens is 1400 g/mol. The summed E-state index contributed by atoms with van der Waals surface area (Å²) in [5.41, 5.74) is 0. The van der Waals surface area contributed by atoms with Gasteiger partial charge in [-0.3, -0.25) is 52.7 Å². The molecule has 9 atom stereocenters. The molecule has 0 radical (unpaired) electrons. The lowest BCUT2D eigenvalue weighted by Gasteiger charge is -2.26. The highest BCUT2D eigenvalue weighted by molar-refractivity contribution is 5.88. The van der Waals surface area contributed by atoms with Gasteiger partial charge in [0, 0.05) is 161 Å². The highest BCUT2D eigenvalue weighted by Crippen LogP contribution is 2.25. The lowest BCUT2D eigenvalue weighted by atomic mass is 9.89. The average molecular weight is 1550 g/mol. The Kier molecular flexibility index (Phi) is 54.7. The van der Waals surface area contributed by atoms with Crippen LogP contribution in [-0.4, -0.2) is 206 Å².